The Hall–Kier alpha value is -1.54. The maximum Gasteiger partial charge on any atom is 0.128 e. The number of para-hydroxylation sites is 1. The third-order valence-electron chi connectivity index (χ3n) is 4.44. The molecule has 25 heavy (non-hydrogen) atoms. The lowest BCUT2D eigenvalue weighted by Gasteiger charge is -2.13. The van der Waals surface area contributed by atoms with Gasteiger partial charge in [0.2, 0.25) is 0 Å². The second-order valence-electron chi connectivity index (χ2n) is 6.50. The minimum absolute atomic E-state index is 0.178. The van der Waals surface area contributed by atoms with Crippen LogP contribution >= 0.6 is 11.6 Å². The second-order valence-corrected chi connectivity index (χ2v) is 7.12. The van der Waals surface area contributed by atoms with Gasteiger partial charge in [-0.25, -0.2) is 0 Å². The van der Waals surface area contributed by atoms with E-state index in [1.54, 1.807) is 0 Å². The maximum atomic E-state index is 6.19. The quantitative estimate of drug-likeness (QED) is 0.330. The van der Waals surface area contributed by atoms with E-state index in [0.717, 1.165) is 36.3 Å². The fourth-order valence-electron chi connectivity index (χ4n) is 2.84. The highest BCUT2D eigenvalue weighted by molar-refractivity contribution is 6.20. The van der Waals surface area contributed by atoms with Gasteiger partial charge in [-0.05, 0) is 55.5 Å². The zero-order chi connectivity index (χ0) is 17.9. The van der Waals surface area contributed by atoms with Crippen molar-refractivity contribution >= 4 is 11.6 Å². The van der Waals surface area contributed by atoms with Crippen molar-refractivity contribution in [2.75, 3.05) is 6.61 Å². The number of alkyl halides is 1. The summed E-state index contributed by atoms with van der Waals surface area (Å²) in [5.74, 6) is 0.887. The van der Waals surface area contributed by atoms with Crippen LogP contribution in [0.15, 0.2) is 42.6 Å². The molecular formula is C22H30ClNO. The first kappa shape index (κ1) is 19.8. The molecule has 0 saturated carbocycles. The van der Waals surface area contributed by atoms with Gasteiger partial charge < -0.3 is 4.74 Å². The molecule has 1 heterocycles. The number of unbranched alkanes of at least 4 members (excludes halogenated alkanes) is 3. The van der Waals surface area contributed by atoms with Gasteiger partial charge in [-0.3, -0.25) is 4.98 Å². The van der Waals surface area contributed by atoms with E-state index in [2.05, 4.69) is 37.0 Å². The molecule has 0 aliphatic rings. The van der Waals surface area contributed by atoms with Crippen LogP contribution in [0, 0.1) is 0 Å². The molecule has 2 rings (SSSR count). The summed E-state index contributed by atoms with van der Waals surface area (Å²) in [5.41, 5.74) is 3.39. The molecule has 0 radical (unpaired) electrons. The van der Waals surface area contributed by atoms with Gasteiger partial charge in [-0.15, -0.1) is 11.6 Å². The predicted octanol–water partition coefficient (Wildman–Crippen LogP) is 6.66. The maximum absolute atomic E-state index is 6.19. The number of aromatic nitrogens is 1. The van der Waals surface area contributed by atoms with Crippen LogP contribution in [0.4, 0.5) is 0 Å². The number of nitrogens with zero attached hydrogens (tertiary/aromatic N) is 1. The van der Waals surface area contributed by atoms with Crippen LogP contribution < -0.4 is 4.74 Å². The lowest BCUT2D eigenvalue weighted by Crippen LogP contribution is -2.06. The minimum atomic E-state index is 0.178. The lowest BCUT2D eigenvalue weighted by molar-refractivity contribution is 0.309. The van der Waals surface area contributed by atoms with Crippen LogP contribution in [0.2, 0.25) is 0 Å². The summed E-state index contributed by atoms with van der Waals surface area (Å²) in [6.07, 6.45) is 9.97. The molecule has 2 aromatic rings. The van der Waals surface area contributed by atoms with Crippen molar-refractivity contribution < 1.29 is 4.74 Å². The van der Waals surface area contributed by atoms with Crippen LogP contribution in [0.3, 0.4) is 0 Å². The van der Waals surface area contributed by atoms with Gasteiger partial charge in [-0.2, -0.15) is 0 Å². The third-order valence-corrected chi connectivity index (χ3v) is 4.96. The van der Waals surface area contributed by atoms with Crippen molar-refractivity contribution in [3.8, 4) is 17.0 Å². The highest BCUT2D eigenvalue weighted by Crippen LogP contribution is 2.29. The molecular weight excluding hydrogens is 330 g/mol. The van der Waals surface area contributed by atoms with Gasteiger partial charge in [0.05, 0.1) is 12.3 Å². The summed E-state index contributed by atoms with van der Waals surface area (Å²) in [6.45, 7) is 4.98. The van der Waals surface area contributed by atoms with Crippen LogP contribution in [-0.2, 0) is 6.42 Å². The molecule has 0 saturated heterocycles. The summed E-state index contributed by atoms with van der Waals surface area (Å²) >= 11 is 6.19. The monoisotopic (exact) mass is 359 g/mol. The zero-order valence-electron chi connectivity index (χ0n) is 15.5. The number of ether oxygens (including phenoxy) is 1. The zero-order valence-corrected chi connectivity index (χ0v) is 16.3. The fourth-order valence-corrected chi connectivity index (χ4v) is 2.93. The highest BCUT2D eigenvalue weighted by atomic mass is 35.5. The first-order valence-corrected chi connectivity index (χ1v) is 9.99. The van der Waals surface area contributed by atoms with Gasteiger partial charge in [0, 0.05) is 17.1 Å². The Morgan fingerprint density at radius 1 is 1.08 bits per heavy atom. The van der Waals surface area contributed by atoms with E-state index >= 15 is 0 Å². The number of aryl methyl sites for hydroxylation is 1. The summed E-state index contributed by atoms with van der Waals surface area (Å²) in [6, 6.07) is 12.5. The van der Waals surface area contributed by atoms with Crippen molar-refractivity contribution in [2.24, 2.45) is 0 Å². The molecule has 0 fully saturated rings. The second kappa shape index (κ2) is 11.1. The number of pyridine rings is 1. The van der Waals surface area contributed by atoms with E-state index in [-0.39, 0.29) is 5.38 Å². The predicted molar refractivity (Wildman–Crippen MR) is 108 cm³/mol. The van der Waals surface area contributed by atoms with E-state index in [9.17, 15) is 0 Å². The minimum Gasteiger partial charge on any atom is -0.493 e. The van der Waals surface area contributed by atoms with Crippen molar-refractivity contribution in [3.63, 3.8) is 0 Å². The Morgan fingerprint density at radius 3 is 2.72 bits per heavy atom. The molecule has 1 atom stereocenters. The molecule has 0 N–H and O–H groups in total. The van der Waals surface area contributed by atoms with E-state index in [1.807, 2.05) is 24.4 Å². The van der Waals surface area contributed by atoms with Gasteiger partial charge in [0.1, 0.15) is 5.75 Å². The molecule has 0 aliphatic heterocycles. The van der Waals surface area contributed by atoms with E-state index in [0.29, 0.717) is 6.61 Å². The molecule has 1 unspecified atom stereocenters. The van der Waals surface area contributed by atoms with Crippen LogP contribution in [0.1, 0.15) is 57.9 Å². The summed E-state index contributed by atoms with van der Waals surface area (Å²) in [7, 11) is 0. The average Bonchev–Trinajstić information content (AvgIpc) is 2.66. The Balaban J connectivity index is 2.05. The number of rotatable bonds is 11. The standard InChI is InChI=1S/C22H30ClNO/c1-3-5-6-7-10-18-13-15-24-21(17-18)20-11-8-9-12-22(20)25-16-14-19(23)4-2/h8-9,11-13,15,17,19H,3-7,10,14,16H2,1-2H3. The third kappa shape index (κ3) is 6.70. The first-order chi connectivity index (χ1) is 12.2. The molecule has 0 aliphatic carbocycles. The van der Waals surface area contributed by atoms with Crippen LogP contribution in [0.5, 0.6) is 5.75 Å². The van der Waals surface area contributed by atoms with Crippen molar-refractivity contribution in [2.45, 2.75) is 64.2 Å². The smallest absolute Gasteiger partial charge is 0.128 e. The molecule has 0 amide bonds. The van der Waals surface area contributed by atoms with E-state index in [1.165, 1.54) is 31.2 Å². The number of hydrogen-bond donors (Lipinski definition) is 0. The van der Waals surface area contributed by atoms with Crippen molar-refractivity contribution in [1.82, 2.24) is 4.98 Å². The number of hydrogen-bond acceptors (Lipinski definition) is 2. The molecule has 1 aromatic carbocycles. The Morgan fingerprint density at radius 2 is 1.92 bits per heavy atom. The molecule has 0 spiro atoms. The molecule has 1 aromatic heterocycles. The Kier molecular flexibility index (Phi) is 8.82. The highest BCUT2D eigenvalue weighted by Gasteiger charge is 2.09. The molecule has 2 nitrogen and oxygen atoms in total. The van der Waals surface area contributed by atoms with Crippen molar-refractivity contribution in [3.05, 3.63) is 48.2 Å². The average molecular weight is 360 g/mol. The Bertz CT molecular complexity index is 629. The summed E-state index contributed by atoms with van der Waals surface area (Å²) in [5, 5.41) is 0.178. The van der Waals surface area contributed by atoms with E-state index in [4.69, 9.17) is 16.3 Å². The molecule has 0 bridgehead atoms. The van der Waals surface area contributed by atoms with Gasteiger partial charge in [-0.1, -0.05) is 45.2 Å². The summed E-state index contributed by atoms with van der Waals surface area (Å²) in [4.78, 5) is 4.57. The lowest BCUT2D eigenvalue weighted by atomic mass is 10.0. The molecule has 3 heteroatoms. The SMILES string of the molecule is CCCCCCc1ccnc(-c2ccccc2OCCC(Cl)CC)c1. The van der Waals surface area contributed by atoms with E-state index < -0.39 is 0 Å². The van der Waals surface area contributed by atoms with Crippen LogP contribution in [-0.4, -0.2) is 17.0 Å². The number of benzene rings is 1. The van der Waals surface area contributed by atoms with Crippen molar-refractivity contribution in [1.29, 1.82) is 0 Å². The largest absolute Gasteiger partial charge is 0.493 e. The topological polar surface area (TPSA) is 22.1 Å². The first-order valence-electron chi connectivity index (χ1n) is 9.55. The van der Waals surface area contributed by atoms with Gasteiger partial charge in [0.25, 0.3) is 0 Å². The Labute approximate surface area is 157 Å². The number of halogens is 1. The summed E-state index contributed by atoms with van der Waals surface area (Å²) < 4.78 is 5.99. The van der Waals surface area contributed by atoms with Gasteiger partial charge in [0.15, 0.2) is 0 Å². The van der Waals surface area contributed by atoms with Gasteiger partial charge >= 0.3 is 0 Å². The molecule has 136 valence electrons. The fraction of sp³-hybridized carbons (Fsp3) is 0.500. The van der Waals surface area contributed by atoms with Crippen LogP contribution in [0.25, 0.3) is 11.3 Å². The normalized spacial score (nSPS) is 12.1.